The zero-order valence-corrected chi connectivity index (χ0v) is 8.42. The molecule has 16 heavy (non-hydrogen) atoms. The Morgan fingerprint density at radius 1 is 1.12 bits per heavy atom. The summed E-state index contributed by atoms with van der Waals surface area (Å²) in [5.74, 6) is 0. The van der Waals surface area contributed by atoms with Crippen molar-refractivity contribution in [2.24, 2.45) is 0 Å². The lowest BCUT2D eigenvalue weighted by Crippen LogP contribution is -2.20. The van der Waals surface area contributed by atoms with Gasteiger partial charge >= 0.3 is 13.2 Å². The van der Waals surface area contributed by atoms with Crippen LogP contribution in [0.2, 0.25) is 5.02 Å². The third kappa shape index (κ3) is 3.62. The Balaban J connectivity index is 3.10. The fraction of sp³-hybridized carbons (Fsp3) is 0.250. The van der Waals surface area contributed by atoms with E-state index in [0.29, 0.717) is 12.1 Å². The fourth-order valence-electron chi connectivity index (χ4n) is 1.16. The highest BCUT2D eigenvalue weighted by Gasteiger charge is 2.32. The van der Waals surface area contributed by atoms with E-state index in [1.165, 1.54) is 0 Å². The molecule has 0 fully saturated rings. The van der Waals surface area contributed by atoms with Gasteiger partial charge in [0.05, 0.1) is 5.56 Å². The molecule has 0 heterocycles. The first-order valence-electron chi connectivity index (χ1n) is 4.16. The molecular weight excluding hydrogens is 256 g/mol. The van der Waals surface area contributed by atoms with Gasteiger partial charge in [0.1, 0.15) is 0 Å². The second-order valence-corrected chi connectivity index (χ2v) is 3.63. The van der Waals surface area contributed by atoms with E-state index >= 15 is 0 Å². The van der Waals surface area contributed by atoms with Gasteiger partial charge in [-0.3, -0.25) is 0 Å². The van der Waals surface area contributed by atoms with Crippen molar-refractivity contribution in [3.05, 3.63) is 34.3 Å². The van der Waals surface area contributed by atoms with Crippen LogP contribution in [0.1, 0.15) is 11.1 Å². The number of alkyl halides is 3. The fourth-order valence-corrected chi connectivity index (χ4v) is 1.35. The highest BCUT2D eigenvalue weighted by Crippen LogP contribution is 2.33. The Bertz CT molecular complexity index is 383. The number of halogens is 7. The molecule has 0 radical (unpaired) electrons. The van der Waals surface area contributed by atoms with E-state index in [1.54, 1.807) is 0 Å². The summed E-state index contributed by atoms with van der Waals surface area (Å²) in [5, 5.41) is -0.313. The first-order chi connectivity index (χ1) is 7.09. The van der Waals surface area contributed by atoms with Crippen LogP contribution < -0.4 is 0 Å². The van der Waals surface area contributed by atoms with Crippen LogP contribution >= 0.6 is 11.6 Å². The molecule has 0 atom stereocenters. The van der Waals surface area contributed by atoms with Crippen molar-refractivity contribution in [1.29, 1.82) is 0 Å². The van der Waals surface area contributed by atoms with Gasteiger partial charge in [-0.1, -0.05) is 23.5 Å². The Labute approximate surface area is 92.3 Å². The molecular formula is C8H5BClF6-. The number of hydrogen-bond acceptors (Lipinski definition) is 0. The van der Waals surface area contributed by atoms with Gasteiger partial charge in [0.2, 0.25) is 0 Å². The first kappa shape index (κ1) is 13.2. The second-order valence-electron chi connectivity index (χ2n) is 3.22. The molecule has 0 aliphatic rings. The van der Waals surface area contributed by atoms with Crippen molar-refractivity contribution in [3.8, 4) is 0 Å². The van der Waals surface area contributed by atoms with E-state index in [2.05, 4.69) is 0 Å². The number of rotatable bonds is 2. The van der Waals surface area contributed by atoms with Crippen molar-refractivity contribution in [1.82, 2.24) is 0 Å². The first-order valence-corrected chi connectivity index (χ1v) is 4.54. The van der Waals surface area contributed by atoms with E-state index < -0.39 is 30.6 Å². The average molecular weight is 261 g/mol. The quantitative estimate of drug-likeness (QED) is 0.550. The summed E-state index contributed by atoms with van der Waals surface area (Å²) in [5.41, 5.74) is -1.68. The summed E-state index contributed by atoms with van der Waals surface area (Å²) in [6.07, 6.45) is -6.08. The zero-order chi connectivity index (χ0) is 12.6. The second kappa shape index (κ2) is 4.20. The summed E-state index contributed by atoms with van der Waals surface area (Å²) in [6, 6.07) is 1.90. The summed E-state index contributed by atoms with van der Waals surface area (Å²) in [4.78, 5) is 0. The molecule has 0 amide bonds. The molecule has 0 bridgehead atoms. The predicted molar refractivity (Wildman–Crippen MR) is 49.2 cm³/mol. The van der Waals surface area contributed by atoms with E-state index in [1.807, 2.05) is 0 Å². The highest BCUT2D eigenvalue weighted by atomic mass is 35.5. The summed E-state index contributed by atoms with van der Waals surface area (Å²) >= 11 is 5.40. The number of benzene rings is 1. The smallest absolute Gasteiger partial charge is 0.449 e. The largest absolute Gasteiger partial charge is 0.482 e. The van der Waals surface area contributed by atoms with E-state index in [-0.39, 0.29) is 5.02 Å². The van der Waals surface area contributed by atoms with Crippen LogP contribution in [0.25, 0.3) is 0 Å². The van der Waals surface area contributed by atoms with Crippen molar-refractivity contribution >= 4 is 18.6 Å². The van der Waals surface area contributed by atoms with Crippen LogP contribution in [0.5, 0.6) is 0 Å². The average Bonchev–Trinajstić information content (AvgIpc) is 2.04. The van der Waals surface area contributed by atoms with Crippen LogP contribution in [0.15, 0.2) is 18.2 Å². The number of hydrogen-bond donors (Lipinski definition) is 0. The predicted octanol–water partition coefficient (Wildman–Crippen LogP) is 4.29. The molecule has 0 saturated heterocycles. The monoisotopic (exact) mass is 261 g/mol. The van der Waals surface area contributed by atoms with Crippen molar-refractivity contribution in [2.75, 3.05) is 0 Å². The van der Waals surface area contributed by atoms with E-state index in [0.717, 1.165) is 6.07 Å². The van der Waals surface area contributed by atoms with Crippen LogP contribution in [0.3, 0.4) is 0 Å². The van der Waals surface area contributed by atoms with Gasteiger partial charge in [-0.15, -0.1) is 0 Å². The molecule has 90 valence electrons. The molecule has 0 unspecified atom stereocenters. The topological polar surface area (TPSA) is 0 Å². The van der Waals surface area contributed by atoms with Gasteiger partial charge in [-0.2, -0.15) is 13.2 Å². The van der Waals surface area contributed by atoms with Gasteiger partial charge < -0.3 is 12.9 Å². The van der Waals surface area contributed by atoms with Crippen LogP contribution in [0, 0.1) is 0 Å². The Hall–Kier alpha value is -0.845. The van der Waals surface area contributed by atoms with Gasteiger partial charge in [0.25, 0.3) is 0 Å². The van der Waals surface area contributed by atoms with E-state index in [9.17, 15) is 26.1 Å². The molecule has 0 aromatic heterocycles. The lowest BCUT2D eigenvalue weighted by Gasteiger charge is -2.16. The molecule has 0 aliphatic heterocycles. The third-order valence-electron chi connectivity index (χ3n) is 1.82. The van der Waals surface area contributed by atoms with Crippen LogP contribution in [0.4, 0.5) is 26.1 Å². The minimum atomic E-state index is -5.21. The van der Waals surface area contributed by atoms with Gasteiger partial charge in [-0.25, -0.2) is 0 Å². The molecule has 8 heteroatoms. The molecule has 0 nitrogen and oxygen atoms in total. The maximum absolute atomic E-state index is 12.2. The summed E-state index contributed by atoms with van der Waals surface area (Å²) in [6.45, 7) is -5.21. The Morgan fingerprint density at radius 3 is 2.12 bits per heavy atom. The minimum absolute atomic E-state index is 0.313. The van der Waals surface area contributed by atoms with Crippen LogP contribution in [-0.4, -0.2) is 6.98 Å². The van der Waals surface area contributed by atoms with Crippen molar-refractivity contribution in [3.63, 3.8) is 0 Å². The highest BCUT2D eigenvalue weighted by molar-refractivity contribution is 6.58. The van der Waals surface area contributed by atoms with E-state index in [4.69, 9.17) is 11.6 Å². The molecule has 0 spiro atoms. The minimum Gasteiger partial charge on any atom is -0.449 e. The SMILES string of the molecule is F[B-](F)(F)Cc1cc(C(F)(F)F)ccc1Cl. The Kier molecular flexibility index (Phi) is 3.47. The lowest BCUT2D eigenvalue weighted by atomic mass is 9.81. The third-order valence-corrected chi connectivity index (χ3v) is 2.19. The van der Waals surface area contributed by atoms with Gasteiger partial charge in [-0.05, 0) is 18.2 Å². The van der Waals surface area contributed by atoms with Crippen molar-refractivity contribution < 1.29 is 26.1 Å². The Morgan fingerprint density at radius 2 is 1.69 bits per heavy atom. The molecule has 1 aromatic rings. The summed E-state index contributed by atoms with van der Waals surface area (Å²) in [7, 11) is 0. The molecule has 0 aliphatic carbocycles. The maximum Gasteiger partial charge on any atom is 0.482 e. The standard InChI is InChI=1S/C8H5BClF6/c10-7-2-1-6(8(11,12)13)3-5(7)4-9(14,15)16/h1-3H,4H2/q-1. The summed E-state index contributed by atoms with van der Waals surface area (Å²) < 4.78 is 72.9. The molecule has 0 N–H and O–H groups in total. The maximum atomic E-state index is 12.2. The normalized spacial score (nSPS) is 12.9. The molecule has 1 aromatic carbocycles. The zero-order valence-electron chi connectivity index (χ0n) is 7.66. The molecule has 1 rings (SSSR count). The van der Waals surface area contributed by atoms with Crippen LogP contribution in [-0.2, 0) is 12.5 Å². The molecule has 0 saturated carbocycles. The van der Waals surface area contributed by atoms with Gasteiger partial charge in [0.15, 0.2) is 0 Å². The lowest BCUT2D eigenvalue weighted by molar-refractivity contribution is -0.137. The van der Waals surface area contributed by atoms with Gasteiger partial charge in [0, 0.05) is 5.02 Å². The van der Waals surface area contributed by atoms with Crippen molar-refractivity contribution in [2.45, 2.75) is 12.5 Å².